The second-order valence-corrected chi connectivity index (χ2v) is 5.42. The number of rotatable bonds is 2. The van der Waals surface area contributed by atoms with Crippen LogP contribution in [0, 0.1) is 20.8 Å². The number of aromatic nitrogens is 2. The molecule has 4 heteroatoms. The van der Waals surface area contributed by atoms with Gasteiger partial charge in [0.15, 0.2) is 0 Å². The first-order valence-electron chi connectivity index (χ1n) is 7.04. The minimum atomic E-state index is 0.183. The average molecular weight is 271 g/mol. The van der Waals surface area contributed by atoms with Crippen LogP contribution in [-0.4, -0.2) is 23.4 Å². The summed E-state index contributed by atoms with van der Waals surface area (Å²) >= 11 is 0. The van der Waals surface area contributed by atoms with Crippen LogP contribution in [-0.2, 0) is 0 Å². The van der Waals surface area contributed by atoms with Gasteiger partial charge in [0.05, 0.1) is 11.7 Å². The molecule has 0 radical (unpaired) electrons. The molecule has 0 amide bonds. The lowest BCUT2D eigenvalue weighted by Crippen LogP contribution is -2.36. The van der Waals surface area contributed by atoms with Gasteiger partial charge in [0.2, 0.25) is 0 Å². The van der Waals surface area contributed by atoms with E-state index in [1.807, 2.05) is 19.2 Å². The molecule has 2 atom stereocenters. The van der Waals surface area contributed by atoms with E-state index in [4.69, 9.17) is 9.84 Å². The number of benzene rings is 1. The summed E-state index contributed by atoms with van der Waals surface area (Å²) in [5.41, 5.74) is 4.78. The molecule has 4 nitrogen and oxygen atoms in total. The number of fused-ring (bicyclic) bond motifs is 1. The van der Waals surface area contributed by atoms with E-state index in [1.54, 1.807) is 0 Å². The summed E-state index contributed by atoms with van der Waals surface area (Å²) in [6.07, 6.45) is 0. The van der Waals surface area contributed by atoms with Crippen molar-refractivity contribution in [2.45, 2.75) is 32.9 Å². The highest BCUT2D eigenvalue weighted by Gasteiger charge is 2.32. The molecule has 0 fully saturated rings. The monoisotopic (exact) mass is 271 g/mol. The third kappa shape index (κ3) is 1.91. The Morgan fingerprint density at radius 2 is 2.00 bits per heavy atom. The lowest BCUT2D eigenvalue weighted by atomic mass is 9.96. The third-order valence-corrected chi connectivity index (χ3v) is 4.36. The van der Waals surface area contributed by atoms with E-state index >= 15 is 0 Å². The summed E-state index contributed by atoms with van der Waals surface area (Å²) in [5.74, 6) is 0.973. The zero-order valence-corrected chi connectivity index (χ0v) is 12.5. The van der Waals surface area contributed by atoms with Crippen molar-refractivity contribution in [1.29, 1.82) is 0 Å². The van der Waals surface area contributed by atoms with Crippen LogP contribution in [0.3, 0.4) is 0 Å². The summed E-state index contributed by atoms with van der Waals surface area (Å²) in [5, 5.41) is 8.12. The molecule has 1 aromatic heterocycles. The standard InChI is InChI=1S/C16H21N3O/c1-10-11(2)18-19(12(10)3)14-9-20-15-8-6-5-7-13(15)16(14)17-4/h5-8,14,16-17H,9H2,1-4H3. The fourth-order valence-corrected chi connectivity index (χ4v) is 2.98. The molecule has 106 valence electrons. The number of nitrogens with one attached hydrogen (secondary N) is 1. The first kappa shape index (κ1) is 13.2. The number of aryl methyl sites for hydroxylation is 1. The van der Waals surface area contributed by atoms with Gasteiger partial charge >= 0.3 is 0 Å². The van der Waals surface area contributed by atoms with Crippen molar-refractivity contribution in [2.75, 3.05) is 13.7 Å². The van der Waals surface area contributed by atoms with Gasteiger partial charge in [-0.1, -0.05) is 18.2 Å². The van der Waals surface area contributed by atoms with Gasteiger partial charge in [-0.05, 0) is 39.4 Å². The maximum absolute atomic E-state index is 5.93. The Kier molecular flexibility index (Phi) is 3.26. The van der Waals surface area contributed by atoms with Gasteiger partial charge in [0.25, 0.3) is 0 Å². The third-order valence-electron chi connectivity index (χ3n) is 4.36. The predicted molar refractivity (Wildman–Crippen MR) is 79.2 cm³/mol. The number of nitrogens with zero attached hydrogens (tertiary/aromatic N) is 2. The summed E-state index contributed by atoms with van der Waals surface area (Å²) in [4.78, 5) is 0. The lowest BCUT2D eigenvalue weighted by Gasteiger charge is -2.34. The first-order valence-corrected chi connectivity index (χ1v) is 7.04. The normalized spacial score (nSPS) is 21.4. The van der Waals surface area contributed by atoms with Crippen LogP contribution in [0.4, 0.5) is 0 Å². The number of para-hydroxylation sites is 1. The largest absolute Gasteiger partial charge is 0.491 e. The van der Waals surface area contributed by atoms with Crippen molar-refractivity contribution in [3.05, 3.63) is 46.8 Å². The van der Waals surface area contributed by atoms with Crippen molar-refractivity contribution in [1.82, 2.24) is 15.1 Å². The minimum absolute atomic E-state index is 0.183. The molecule has 2 unspecified atom stereocenters. The molecule has 0 saturated heterocycles. The molecule has 2 aromatic rings. The van der Waals surface area contributed by atoms with E-state index in [0.717, 1.165) is 11.4 Å². The molecule has 1 aliphatic rings. The molecule has 2 heterocycles. The Bertz CT molecular complexity index is 633. The van der Waals surface area contributed by atoms with Crippen LogP contribution in [0.15, 0.2) is 24.3 Å². The number of hydrogen-bond acceptors (Lipinski definition) is 3. The Hall–Kier alpha value is -1.81. The van der Waals surface area contributed by atoms with E-state index in [-0.39, 0.29) is 12.1 Å². The minimum Gasteiger partial charge on any atom is -0.491 e. The summed E-state index contributed by atoms with van der Waals surface area (Å²) in [6.45, 7) is 6.96. The first-order chi connectivity index (χ1) is 9.63. The molecule has 1 N–H and O–H groups in total. The maximum atomic E-state index is 5.93. The van der Waals surface area contributed by atoms with Gasteiger partial charge in [-0.3, -0.25) is 4.68 Å². The predicted octanol–water partition coefficient (Wildman–Crippen LogP) is 2.70. The van der Waals surface area contributed by atoms with Crippen molar-refractivity contribution in [2.24, 2.45) is 0 Å². The highest BCUT2D eigenvalue weighted by Crippen LogP contribution is 2.38. The van der Waals surface area contributed by atoms with Crippen LogP contribution >= 0.6 is 0 Å². The van der Waals surface area contributed by atoms with Crippen LogP contribution in [0.2, 0.25) is 0 Å². The van der Waals surface area contributed by atoms with E-state index < -0.39 is 0 Å². The zero-order valence-electron chi connectivity index (χ0n) is 12.5. The highest BCUT2D eigenvalue weighted by atomic mass is 16.5. The van der Waals surface area contributed by atoms with E-state index in [1.165, 1.54) is 16.8 Å². The van der Waals surface area contributed by atoms with Crippen molar-refractivity contribution < 1.29 is 4.74 Å². The lowest BCUT2D eigenvalue weighted by molar-refractivity contribution is 0.172. The molecule has 0 spiro atoms. The number of ether oxygens (including phenoxy) is 1. The van der Waals surface area contributed by atoms with Gasteiger partial charge in [-0.25, -0.2) is 0 Å². The second-order valence-electron chi connectivity index (χ2n) is 5.42. The van der Waals surface area contributed by atoms with E-state index in [0.29, 0.717) is 6.61 Å². The zero-order chi connectivity index (χ0) is 14.3. The highest BCUT2D eigenvalue weighted by molar-refractivity contribution is 5.38. The molecule has 1 aromatic carbocycles. The molecule has 0 bridgehead atoms. The SMILES string of the molecule is CNC1c2ccccc2OCC1n1nc(C)c(C)c1C. The van der Waals surface area contributed by atoms with Crippen LogP contribution < -0.4 is 10.1 Å². The van der Waals surface area contributed by atoms with Gasteiger partial charge in [-0.2, -0.15) is 5.10 Å². The van der Waals surface area contributed by atoms with Crippen LogP contribution in [0.1, 0.15) is 34.6 Å². The molecule has 20 heavy (non-hydrogen) atoms. The Balaban J connectivity index is 2.05. The van der Waals surface area contributed by atoms with Crippen molar-refractivity contribution in [3.63, 3.8) is 0 Å². The van der Waals surface area contributed by atoms with Gasteiger partial charge in [0.1, 0.15) is 18.4 Å². The molecule has 0 aliphatic carbocycles. The fourth-order valence-electron chi connectivity index (χ4n) is 2.98. The fraction of sp³-hybridized carbons (Fsp3) is 0.438. The number of hydrogen-bond donors (Lipinski definition) is 1. The Labute approximate surface area is 119 Å². The van der Waals surface area contributed by atoms with Gasteiger partial charge < -0.3 is 10.1 Å². The second kappa shape index (κ2) is 4.94. The quantitative estimate of drug-likeness (QED) is 0.912. The Morgan fingerprint density at radius 3 is 2.65 bits per heavy atom. The molecule has 3 rings (SSSR count). The molecule has 1 aliphatic heterocycles. The molecular weight excluding hydrogens is 250 g/mol. The van der Waals surface area contributed by atoms with E-state index in [2.05, 4.69) is 42.9 Å². The molecular formula is C16H21N3O. The van der Waals surface area contributed by atoms with Crippen LogP contribution in [0.25, 0.3) is 0 Å². The van der Waals surface area contributed by atoms with Crippen LogP contribution in [0.5, 0.6) is 5.75 Å². The van der Waals surface area contributed by atoms with Gasteiger partial charge in [-0.15, -0.1) is 0 Å². The summed E-state index contributed by atoms with van der Waals surface area (Å²) in [7, 11) is 2.00. The summed E-state index contributed by atoms with van der Waals surface area (Å²) < 4.78 is 8.04. The van der Waals surface area contributed by atoms with Crippen molar-refractivity contribution in [3.8, 4) is 5.75 Å². The van der Waals surface area contributed by atoms with Crippen molar-refractivity contribution >= 4 is 0 Å². The molecule has 0 saturated carbocycles. The topological polar surface area (TPSA) is 39.1 Å². The Morgan fingerprint density at radius 1 is 1.25 bits per heavy atom. The maximum Gasteiger partial charge on any atom is 0.124 e. The van der Waals surface area contributed by atoms with Gasteiger partial charge in [0, 0.05) is 11.3 Å². The smallest absolute Gasteiger partial charge is 0.124 e. The van der Waals surface area contributed by atoms with E-state index in [9.17, 15) is 0 Å². The summed E-state index contributed by atoms with van der Waals surface area (Å²) in [6, 6.07) is 8.63. The average Bonchev–Trinajstić information content (AvgIpc) is 2.73. The number of likely N-dealkylation sites (N-methyl/N-ethyl adjacent to an activating group) is 1.